The van der Waals surface area contributed by atoms with Gasteiger partial charge in [0.2, 0.25) is 5.91 Å². The number of anilines is 1. The molecular weight excluding hydrogens is 410 g/mol. The number of carbonyl (C=O) groups is 3. The standard InChI is InChI=1S/C24H25N3O5/c1-5-6-17-11-16(13-20(31-3)22(17)32-4)12-19-23(29)27(24(30)26-19)14-21(28)25-18-9-7-15(2)8-10-18/h5,7-13H,1,6,14H2,2-4H3,(H,25,28)(H,26,30)/b19-12+. The lowest BCUT2D eigenvalue weighted by molar-refractivity contribution is -0.127. The van der Waals surface area contributed by atoms with Crippen LogP contribution in [0.5, 0.6) is 11.5 Å². The van der Waals surface area contributed by atoms with Gasteiger partial charge in [-0.25, -0.2) is 9.69 Å². The summed E-state index contributed by atoms with van der Waals surface area (Å²) in [6.07, 6.45) is 3.79. The van der Waals surface area contributed by atoms with E-state index in [1.165, 1.54) is 13.2 Å². The molecule has 1 heterocycles. The molecule has 0 bridgehead atoms. The molecule has 4 amide bonds. The van der Waals surface area contributed by atoms with Gasteiger partial charge in [0.25, 0.3) is 5.91 Å². The number of amides is 4. The van der Waals surface area contributed by atoms with E-state index in [-0.39, 0.29) is 5.70 Å². The molecule has 0 radical (unpaired) electrons. The van der Waals surface area contributed by atoms with E-state index in [2.05, 4.69) is 17.2 Å². The van der Waals surface area contributed by atoms with E-state index in [9.17, 15) is 14.4 Å². The SMILES string of the molecule is C=CCc1cc(/C=C2/NC(=O)N(CC(=O)Nc3ccc(C)cc3)C2=O)cc(OC)c1OC. The van der Waals surface area contributed by atoms with Crippen LogP contribution in [0.15, 0.2) is 54.8 Å². The molecule has 2 aromatic carbocycles. The Morgan fingerprint density at radius 2 is 1.88 bits per heavy atom. The van der Waals surface area contributed by atoms with E-state index in [1.807, 2.05) is 25.1 Å². The first-order valence-corrected chi connectivity index (χ1v) is 9.93. The third kappa shape index (κ3) is 4.97. The van der Waals surface area contributed by atoms with Gasteiger partial charge in [0.15, 0.2) is 11.5 Å². The first kappa shape index (κ1) is 22.6. The molecule has 1 fully saturated rings. The third-order valence-electron chi connectivity index (χ3n) is 4.85. The highest BCUT2D eigenvalue weighted by atomic mass is 16.5. The number of aryl methyl sites for hydroxylation is 1. The van der Waals surface area contributed by atoms with Crippen molar-refractivity contribution in [3.63, 3.8) is 0 Å². The number of methoxy groups -OCH3 is 2. The van der Waals surface area contributed by atoms with Crippen LogP contribution in [0.3, 0.4) is 0 Å². The topological polar surface area (TPSA) is 97.0 Å². The highest BCUT2D eigenvalue weighted by molar-refractivity contribution is 6.16. The largest absolute Gasteiger partial charge is 0.493 e. The predicted molar refractivity (Wildman–Crippen MR) is 121 cm³/mol. The van der Waals surface area contributed by atoms with E-state index in [1.54, 1.807) is 31.4 Å². The van der Waals surface area contributed by atoms with Crippen LogP contribution in [0.25, 0.3) is 6.08 Å². The fraction of sp³-hybridized carbons (Fsp3) is 0.208. The molecule has 3 rings (SSSR count). The number of nitrogens with one attached hydrogen (secondary N) is 2. The smallest absolute Gasteiger partial charge is 0.329 e. The monoisotopic (exact) mass is 435 g/mol. The Bertz CT molecular complexity index is 1090. The number of allylic oxidation sites excluding steroid dienone is 1. The molecule has 166 valence electrons. The second-order valence-corrected chi connectivity index (χ2v) is 7.20. The summed E-state index contributed by atoms with van der Waals surface area (Å²) < 4.78 is 10.8. The number of urea groups is 1. The summed E-state index contributed by atoms with van der Waals surface area (Å²) in [5, 5.41) is 5.20. The number of carbonyl (C=O) groups excluding carboxylic acids is 3. The lowest BCUT2D eigenvalue weighted by atomic mass is 10.0. The van der Waals surface area contributed by atoms with E-state index in [0.29, 0.717) is 29.2 Å². The normalized spacial score (nSPS) is 14.3. The molecule has 32 heavy (non-hydrogen) atoms. The summed E-state index contributed by atoms with van der Waals surface area (Å²) in [6, 6.07) is 10.1. The van der Waals surface area contributed by atoms with E-state index in [4.69, 9.17) is 9.47 Å². The molecule has 0 unspecified atom stereocenters. The van der Waals surface area contributed by atoms with Crippen molar-refractivity contribution in [2.45, 2.75) is 13.3 Å². The van der Waals surface area contributed by atoms with E-state index >= 15 is 0 Å². The van der Waals surface area contributed by atoms with Crippen LogP contribution in [-0.4, -0.2) is 43.5 Å². The number of hydrogen-bond donors (Lipinski definition) is 2. The van der Waals surface area contributed by atoms with Gasteiger partial charge in [-0.3, -0.25) is 9.59 Å². The molecule has 0 aromatic heterocycles. The minimum absolute atomic E-state index is 0.0647. The number of benzene rings is 2. The minimum atomic E-state index is -0.660. The van der Waals surface area contributed by atoms with E-state index in [0.717, 1.165) is 16.0 Å². The highest BCUT2D eigenvalue weighted by Gasteiger charge is 2.35. The lowest BCUT2D eigenvalue weighted by Crippen LogP contribution is -2.38. The van der Waals surface area contributed by atoms with E-state index < -0.39 is 24.4 Å². The van der Waals surface area contributed by atoms with Gasteiger partial charge in [0.1, 0.15) is 12.2 Å². The Kier molecular flexibility index (Phi) is 6.94. The molecule has 0 atom stereocenters. The third-order valence-corrected chi connectivity index (χ3v) is 4.85. The molecule has 1 aliphatic rings. The average Bonchev–Trinajstić information content (AvgIpc) is 3.02. The lowest BCUT2D eigenvalue weighted by Gasteiger charge is -2.13. The Morgan fingerprint density at radius 1 is 1.16 bits per heavy atom. The highest BCUT2D eigenvalue weighted by Crippen LogP contribution is 2.34. The van der Waals surface area contributed by atoms with Crippen LogP contribution in [-0.2, 0) is 16.0 Å². The molecule has 0 spiro atoms. The number of nitrogens with zero attached hydrogens (tertiary/aromatic N) is 1. The molecule has 1 saturated heterocycles. The van der Waals surface area contributed by atoms with Gasteiger partial charge in [0, 0.05) is 11.3 Å². The zero-order chi connectivity index (χ0) is 23.3. The maximum Gasteiger partial charge on any atom is 0.329 e. The number of hydrogen-bond acceptors (Lipinski definition) is 5. The van der Waals surface area contributed by atoms with Crippen molar-refractivity contribution in [3.8, 4) is 11.5 Å². The minimum Gasteiger partial charge on any atom is -0.493 e. The van der Waals surface area contributed by atoms with Crippen LogP contribution >= 0.6 is 0 Å². The summed E-state index contributed by atoms with van der Waals surface area (Å²) >= 11 is 0. The fourth-order valence-corrected chi connectivity index (χ4v) is 3.32. The van der Waals surface area contributed by atoms with Gasteiger partial charge in [-0.15, -0.1) is 6.58 Å². The van der Waals surface area contributed by atoms with Gasteiger partial charge in [-0.2, -0.15) is 0 Å². The fourth-order valence-electron chi connectivity index (χ4n) is 3.32. The molecule has 0 aliphatic carbocycles. The van der Waals surface area contributed by atoms with Crippen molar-refractivity contribution < 1.29 is 23.9 Å². The molecule has 8 heteroatoms. The first-order chi connectivity index (χ1) is 15.4. The van der Waals surface area contributed by atoms with Crippen molar-refractivity contribution in [2.75, 3.05) is 26.1 Å². The van der Waals surface area contributed by atoms with Gasteiger partial charge >= 0.3 is 6.03 Å². The molecule has 0 saturated carbocycles. The molecule has 2 aromatic rings. The van der Waals surface area contributed by atoms with Crippen molar-refractivity contribution in [1.29, 1.82) is 0 Å². The van der Waals surface area contributed by atoms with Crippen molar-refractivity contribution in [1.82, 2.24) is 10.2 Å². The van der Waals surface area contributed by atoms with Crippen LogP contribution < -0.4 is 20.1 Å². The van der Waals surface area contributed by atoms with Gasteiger partial charge in [0.05, 0.1) is 14.2 Å². The second-order valence-electron chi connectivity index (χ2n) is 7.20. The molecule has 1 aliphatic heterocycles. The molecular formula is C24H25N3O5. The van der Waals surface area contributed by atoms with Crippen LogP contribution in [0.4, 0.5) is 10.5 Å². The number of rotatable bonds is 8. The Labute approximate surface area is 186 Å². The zero-order valence-electron chi connectivity index (χ0n) is 18.2. The molecule has 2 N–H and O–H groups in total. The van der Waals surface area contributed by atoms with Crippen LogP contribution in [0.2, 0.25) is 0 Å². The second kappa shape index (κ2) is 9.82. The first-order valence-electron chi connectivity index (χ1n) is 9.93. The molecule has 8 nitrogen and oxygen atoms in total. The summed E-state index contributed by atoms with van der Waals surface area (Å²) in [6.45, 7) is 5.28. The van der Waals surface area contributed by atoms with Crippen LogP contribution in [0, 0.1) is 6.92 Å². The zero-order valence-corrected chi connectivity index (χ0v) is 18.2. The average molecular weight is 435 g/mol. The number of ether oxygens (including phenoxy) is 2. The Hall–Kier alpha value is -4.07. The maximum absolute atomic E-state index is 12.8. The van der Waals surface area contributed by atoms with Gasteiger partial charge < -0.3 is 20.1 Å². The summed E-state index contributed by atoms with van der Waals surface area (Å²) in [5.74, 6) is 0.00245. The Balaban J connectivity index is 1.79. The van der Waals surface area contributed by atoms with Gasteiger partial charge in [-0.05, 0) is 49.2 Å². The quantitative estimate of drug-likeness (QED) is 0.377. The van der Waals surface area contributed by atoms with Crippen molar-refractivity contribution in [3.05, 3.63) is 71.4 Å². The predicted octanol–water partition coefficient (Wildman–Crippen LogP) is 3.27. The summed E-state index contributed by atoms with van der Waals surface area (Å²) in [5.41, 5.74) is 3.16. The summed E-state index contributed by atoms with van der Waals surface area (Å²) in [4.78, 5) is 38.3. The van der Waals surface area contributed by atoms with Crippen LogP contribution in [0.1, 0.15) is 16.7 Å². The van der Waals surface area contributed by atoms with Crippen molar-refractivity contribution >= 4 is 29.6 Å². The Morgan fingerprint density at radius 3 is 2.50 bits per heavy atom. The van der Waals surface area contributed by atoms with Crippen molar-refractivity contribution in [2.24, 2.45) is 0 Å². The summed E-state index contributed by atoms with van der Waals surface area (Å²) in [7, 11) is 3.06. The van der Waals surface area contributed by atoms with Gasteiger partial charge in [-0.1, -0.05) is 23.8 Å². The number of imide groups is 1. The maximum atomic E-state index is 12.8.